The monoisotopic (exact) mass is 404 g/mol. The van der Waals surface area contributed by atoms with Crippen molar-refractivity contribution in [3.05, 3.63) is 81.0 Å². The quantitative estimate of drug-likeness (QED) is 0.251. The number of thiophene rings is 1. The lowest BCUT2D eigenvalue weighted by Crippen LogP contribution is -2.19. The van der Waals surface area contributed by atoms with Crippen LogP contribution in [0.2, 0.25) is 0 Å². The van der Waals surface area contributed by atoms with Crippen molar-refractivity contribution in [2.24, 2.45) is 7.05 Å². The summed E-state index contributed by atoms with van der Waals surface area (Å²) < 4.78 is 2.17. The Morgan fingerprint density at radius 1 is 1.14 bits per heavy atom. The number of carbonyl (C=O) groups is 1. The van der Waals surface area contributed by atoms with Gasteiger partial charge in [0, 0.05) is 12.6 Å². The maximum atomic E-state index is 12.8. The first-order chi connectivity index (χ1) is 13.6. The fourth-order valence-corrected chi connectivity index (χ4v) is 5.28. The Kier molecular flexibility index (Phi) is 4.18. The molecule has 0 fully saturated rings. The van der Waals surface area contributed by atoms with Crippen LogP contribution in [0.1, 0.15) is 21.5 Å². The van der Waals surface area contributed by atoms with Crippen LogP contribution in [0.4, 0.5) is 0 Å². The second-order valence-corrected chi connectivity index (χ2v) is 8.67. The molecule has 4 nitrogen and oxygen atoms in total. The minimum absolute atomic E-state index is 0.0387. The lowest BCUT2D eigenvalue weighted by molar-refractivity contribution is 0.102. The molecular weight excluding hydrogens is 388 g/mol. The van der Waals surface area contributed by atoms with Gasteiger partial charge in [-0.15, -0.1) is 11.3 Å². The van der Waals surface area contributed by atoms with Crippen molar-refractivity contribution >= 4 is 39.1 Å². The summed E-state index contributed by atoms with van der Waals surface area (Å²) in [5.74, 6) is 0.285. The molecule has 138 valence electrons. The Bertz CT molecular complexity index is 1300. The average molecular weight is 405 g/mol. The molecule has 0 amide bonds. The fourth-order valence-electron chi connectivity index (χ4n) is 3.61. The molecule has 0 aliphatic heterocycles. The molecule has 28 heavy (non-hydrogen) atoms. The Labute approximate surface area is 169 Å². The van der Waals surface area contributed by atoms with Gasteiger partial charge in [0.1, 0.15) is 4.70 Å². The average Bonchev–Trinajstić information content (AvgIpc) is 3.33. The summed E-state index contributed by atoms with van der Waals surface area (Å²) in [5, 5.41) is 2.43. The third-order valence-corrected chi connectivity index (χ3v) is 7.02. The van der Waals surface area contributed by atoms with Crippen LogP contribution in [0, 0.1) is 0 Å². The molecule has 2 heterocycles. The Morgan fingerprint density at radius 3 is 2.86 bits per heavy atom. The number of rotatable bonds is 4. The maximum absolute atomic E-state index is 12.8. The lowest BCUT2D eigenvalue weighted by Gasteiger charge is -2.08. The van der Waals surface area contributed by atoms with Gasteiger partial charge in [0.15, 0.2) is 10.9 Å². The van der Waals surface area contributed by atoms with E-state index in [1.54, 1.807) is 7.05 Å². The van der Waals surface area contributed by atoms with Crippen LogP contribution >= 0.6 is 23.1 Å². The number of benzene rings is 2. The van der Waals surface area contributed by atoms with Gasteiger partial charge >= 0.3 is 0 Å². The molecule has 0 N–H and O–H groups in total. The standard InChI is InChI=1S/C22H16N2O2S2/c1-24-21(26)20-18(8-9-27-20)23-22(24)28-12-19(25)15-7-6-14-10-13-4-2-3-5-16(13)17(14)11-15/h2-9,11H,10,12H2,1H3. The maximum Gasteiger partial charge on any atom is 0.271 e. The zero-order valence-electron chi connectivity index (χ0n) is 15.1. The largest absolute Gasteiger partial charge is 0.293 e. The summed E-state index contributed by atoms with van der Waals surface area (Å²) in [6, 6.07) is 16.1. The molecule has 1 aliphatic rings. The van der Waals surface area contributed by atoms with Crippen molar-refractivity contribution in [1.82, 2.24) is 9.55 Å². The van der Waals surface area contributed by atoms with E-state index in [-0.39, 0.29) is 17.1 Å². The van der Waals surface area contributed by atoms with Crippen LogP contribution < -0.4 is 5.56 Å². The zero-order valence-corrected chi connectivity index (χ0v) is 16.8. The number of nitrogens with zero attached hydrogens (tertiary/aromatic N) is 2. The van der Waals surface area contributed by atoms with E-state index >= 15 is 0 Å². The van der Waals surface area contributed by atoms with Gasteiger partial charge in [-0.25, -0.2) is 4.98 Å². The van der Waals surface area contributed by atoms with Gasteiger partial charge < -0.3 is 0 Å². The molecule has 0 unspecified atom stereocenters. The van der Waals surface area contributed by atoms with Gasteiger partial charge in [-0.3, -0.25) is 14.2 Å². The van der Waals surface area contributed by atoms with Crippen LogP contribution in [0.3, 0.4) is 0 Å². The number of Topliss-reactive ketones (excluding diaryl/α,β-unsaturated/α-hetero) is 1. The van der Waals surface area contributed by atoms with Gasteiger partial charge in [0.2, 0.25) is 0 Å². The Hall–Kier alpha value is -2.70. The number of hydrogen-bond acceptors (Lipinski definition) is 5. The van der Waals surface area contributed by atoms with Crippen molar-refractivity contribution in [1.29, 1.82) is 0 Å². The van der Waals surface area contributed by atoms with Crippen LogP contribution in [0.5, 0.6) is 0 Å². The molecular formula is C22H16N2O2S2. The van der Waals surface area contributed by atoms with Crippen molar-refractivity contribution < 1.29 is 4.79 Å². The summed E-state index contributed by atoms with van der Waals surface area (Å²) in [7, 11) is 1.70. The first-order valence-electron chi connectivity index (χ1n) is 8.93. The van der Waals surface area contributed by atoms with E-state index in [1.165, 1.54) is 44.4 Å². The number of aromatic nitrogens is 2. The smallest absolute Gasteiger partial charge is 0.271 e. The molecule has 2 aromatic carbocycles. The van der Waals surface area contributed by atoms with Crippen molar-refractivity contribution in [3.8, 4) is 11.1 Å². The lowest BCUT2D eigenvalue weighted by atomic mass is 10.0. The SMILES string of the molecule is Cn1c(SCC(=O)c2ccc3c(c2)-c2ccccc2C3)nc2ccsc2c1=O. The third-order valence-electron chi connectivity index (χ3n) is 5.10. The number of fused-ring (bicyclic) bond motifs is 4. The predicted molar refractivity (Wildman–Crippen MR) is 115 cm³/mol. The molecule has 5 rings (SSSR count). The molecule has 0 atom stereocenters. The summed E-state index contributed by atoms with van der Waals surface area (Å²) in [4.78, 5) is 29.7. The predicted octanol–water partition coefficient (Wildman–Crippen LogP) is 4.54. The number of ketones is 1. The van der Waals surface area contributed by atoms with Crippen molar-refractivity contribution in [2.75, 3.05) is 5.75 Å². The number of hydrogen-bond donors (Lipinski definition) is 0. The van der Waals surface area contributed by atoms with Gasteiger partial charge in [0.05, 0.1) is 11.3 Å². The zero-order chi connectivity index (χ0) is 19.3. The van der Waals surface area contributed by atoms with E-state index in [1.807, 2.05) is 29.6 Å². The van der Waals surface area contributed by atoms with E-state index in [0.717, 1.165) is 12.0 Å². The van der Waals surface area contributed by atoms with Gasteiger partial charge in [-0.1, -0.05) is 48.2 Å². The van der Waals surface area contributed by atoms with Crippen molar-refractivity contribution in [2.45, 2.75) is 11.6 Å². The van der Waals surface area contributed by atoms with Gasteiger partial charge in [-0.05, 0) is 46.2 Å². The summed E-state index contributed by atoms with van der Waals surface area (Å²) >= 11 is 2.70. The van der Waals surface area contributed by atoms with E-state index in [4.69, 9.17) is 0 Å². The van der Waals surface area contributed by atoms with Crippen LogP contribution in [-0.4, -0.2) is 21.1 Å². The second kappa shape index (κ2) is 6.72. The molecule has 0 spiro atoms. The highest BCUT2D eigenvalue weighted by molar-refractivity contribution is 7.99. The van der Waals surface area contributed by atoms with Crippen LogP contribution in [0.15, 0.2) is 63.9 Å². The molecule has 0 bridgehead atoms. The topological polar surface area (TPSA) is 52.0 Å². The molecule has 2 aromatic heterocycles. The van der Waals surface area contributed by atoms with Gasteiger partial charge in [-0.2, -0.15) is 0 Å². The molecule has 0 radical (unpaired) electrons. The van der Waals surface area contributed by atoms with E-state index in [9.17, 15) is 9.59 Å². The highest BCUT2D eigenvalue weighted by atomic mass is 32.2. The number of thioether (sulfide) groups is 1. The van der Waals surface area contributed by atoms with Crippen LogP contribution in [-0.2, 0) is 13.5 Å². The Morgan fingerprint density at radius 2 is 1.96 bits per heavy atom. The van der Waals surface area contributed by atoms with E-state index < -0.39 is 0 Å². The van der Waals surface area contributed by atoms with E-state index in [2.05, 4.69) is 29.2 Å². The van der Waals surface area contributed by atoms with Gasteiger partial charge in [0.25, 0.3) is 5.56 Å². The summed E-state index contributed by atoms with van der Waals surface area (Å²) in [6.45, 7) is 0. The third kappa shape index (κ3) is 2.80. The molecule has 4 aromatic rings. The second-order valence-electron chi connectivity index (χ2n) is 6.81. The molecule has 0 saturated heterocycles. The normalized spacial score (nSPS) is 12.2. The minimum atomic E-state index is -0.0657. The first kappa shape index (κ1) is 17.4. The Balaban J connectivity index is 1.41. The van der Waals surface area contributed by atoms with E-state index in [0.29, 0.717) is 20.9 Å². The van der Waals surface area contributed by atoms with Crippen molar-refractivity contribution in [3.63, 3.8) is 0 Å². The molecule has 0 saturated carbocycles. The van der Waals surface area contributed by atoms with Crippen LogP contribution in [0.25, 0.3) is 21.3 Å². The summed E-state index contributed by atoms with van der Waals surface area (Å²) in [5.41, 5.74) is 6.26. The molecule has 1 aliphatic carbocycles. The highest BCUT2D eigenvalue weighted by Crippen LogP contribution is 2.37. The number of carbonyl (C=O) groups excluding carboxylic acids is 1. The fraction of sp³-hybridized carbons (Fsp3) is 0.136. The minimum Gasteiger partial charge on any atom is -0.293 e. The first-order valence-corrected chi connectivity index (χ1v) is 10.8. The highest BCUT2D eigenvalue weighted by Gasteiger charge is 2.20. The summed E-state index contributed by atoms with van der Waals surface area (Å²) in [6.07, 6.45) is 0.918. The molecule has 6 heteroatoms.